The van der Waals surface area contributed by atoms with Crippen molar-refractivity contribution in [3.63, 3.8) is 0 Å². The van der Waals surface area contributed by atoms with E-state index in [1.165, 1.54) is 6.20 Å². The predicted octanol–water partition coefficient (Wildman–Crippen LogP) is 3.36. The summed E-state index contributed by atoms with van der Waals surface area (Å²) < 4.78 is 7.75. The normalized spacial score (nSPS) is 13.1. The summed E-state index contributed by atoms with van der Waals surface area (Å²) in [7, 11) is 0. The molecule has 1 aromatic heterocycles. The molecule has 1 atom stereocenters. The third-order valence-corrected chi connectivity index (χ3v) is 4.67. The van der Waals surface area contributed by atoms with Gasteiger partial charge in [0.15, 0.2) is 0 Å². The number of pyridine rings is 1. The summed E-state index contributed by atoms with van der Waals surface area (Å²) in [5.41, 5.74) is 0.0892. The van der Waals surface area contributed by atoms with Gasteiger partial charge in [0.05, 0.1) is 24.8 Å². The van der Waals surface area contributed by atoms with Crippen LogP contribution >= 0.6 is 22.6 Å². The maximum absolute atomic E-state index is 12.7. The van der Waals surface area contributed by atoms with E-state index in [1.54, 1.807) is 13.0 Å². The van der Waals surface area contributed by atoms with Crippen molar-refractivity contribution >= 4 is 39.5 Å². The first-order valence-electron chi connectivity index (χ1n) is 7.83. The predicted molar refractivity (Wildman–Crippen MR) is 102 cm³/mol. The second-order valence-corrected chi connectivity index (χ2v) is 7.97. The average molecular weight is 443 g/mol. The number of esters is 1. The van der Waals surface area contributed by atoms with E-state index in [0.29, 0.717) is 10.9 Å². The van der Waals surface area contributed by atoms with Gasteiger partial charge in [0, 0.05) is 15.2 Å². The lowest BCUT2D eigenvalue weighted by Gasteiger charge is -2.32. The highest BCUT2D eigenvalue weighted by Crippen LogP contribution is 2.32. The van der Waals surface area contributed by atoms with E-state index in [2.05, 4.69) is 22.6 Å². The highest BCUT2D eigenvalue weighted by Gasteiger charge is 2.28. The van der Waals surface area contributed by atoms with Crippen LogP contribution in [0.5, 0.6) is 0 Å². The van der Waals surface area contributed by atoms with Crippen LogP contribution in [0.3, 0.4) is 0 Å². The smallest absolute Gasteiger partial charge is 0.343 e. The molecule has 1 aromatic carbocycles. The first kappa shape index (κ1) is 18.9. The number of rotatable bonds is 4. The van der Waals surface area contributed by atoms with Crippen molar-refractivity contribution in [2.75, 3.05) is 13.2 Å². The van der Waals surface area contributed by atoms with Crippen molar-refractivity contribution in [2.45, 2.75) is 33.7 Å². The van der Waals surface area contributed by atoms with Gasteiger partial charge in [-0.25, -0.2) is 4.79 Å². The van der Waals surface area contributed by atoms with Crippen molar-refractivity contribution in [3.8, 4) is 0 Å². The number of hydrogen-bond acceptors (Lipinski definition) is 4. The highest BCUT2D eigenvalue weighted by molar-refractivity contribution is 14.1. The van der Waals surface area contributed by atoms with E-state index in [0.717, 1.165) is 3.57 Å². The fraction of sp³-hybridized carbons (Fsp3) is 0.444. The number of carbonyl (C=O) groups excluding carboxylic acids is 1. The van der Waals surface area contributed by atoms with Crippen molar-refractivity contribution in [2.24, 2.45) is 5.41 Å². The Labute approximate surface area is 154 Å². The lowest BCUT2D eigenvalue weighted by Crippen LogP contribution is -2.30. The zero-order valence-corrected chi connectivity index (χ0v) is 16.5. The van der Waals surface area contributed by atoms with E-state index in [9.17, 15) is 14.7 Å². The number of aliphatic hydroxyl groups is 1. The van der Waals surface area contributed by atoms with Crippen molar-refractivity contribution in [1.82, 2.24) is 4.57 Å². The standard InChI is InChI=1S/C18H22INO4/c1-5-24-17(23)13-9-20(15(10-21)18(2,3)4)14-7-6-11(19)8-12(14)16(13)22/h6-9,15,21H,5,10H2,1-4H3/t15-/m0/s1. The van der Waals surface area contributed by atoms with E-state index >= 15 is 0 Å². The van der Waals surface area contributed by atoms with Gasteiger partial charge in [0.1, 0.15) is 5.56 Å². The van der Waals surface area contributed by atoms with Gasteiger partial charge in [-0.3, -0.25) is 4.79 Å². The number of carbonyl (C=O) groups is 1. The molecule has 0 spiro atoms. The first-order valence-corrected chi connectivity index (χ1v) is 8.91. The van der Waals surface area contributed by atoms with E-state index in [1.807, 2.05) is 37.5 Å². The minimum atomic E-state index is -0.636. The fourth-order valence-electron chi connectivity index (χ4n) is 2.72. The number of aliphatic hydroxyl groups excluding tert-OH is 1. The molecule has 6 heteroatoms. The van der Waals surface area contributed by atoms with Crippen LogP contribution in [0, 0.1) is 8.99 Å². The molecule has 0 radical (unpaired) electrons. The number of nitrogens with zero attached hydrogens (tertiary/aromatic N) is 1. The lowest BCUT2D eigenvalue weighted by molar-refractivity contribution is 0.0522. The summed E-state index contributed by atoms with van der Waals surface area (Å²) in [4.78, 5) is 24.9. The summed E-state index contributed by atoms with van der Waals surface area (Å²) in [6.45, 7) is 7.82. The van der Waals surface area contributed by atoms with Crippen LogP contribution in [0.15, 0.2) is 29.2 Å². The van der Waals surface area contributed by atoms with Gasteiger partial charge >= 0.3 is 5.97 Å². The molecule has 0 amide bonds. The number of benzene rings is 1. The summed E-state index contributed by atoms with van der Waals surface area (Å²) in [5.74, 6) is -0.636. The third kappa shape index (κ3) is 3.64. The molecule has 130 valence electrons. The molecule has 1 heterocycles. The van der Waals surface area contributed by atoms with Crippen LogP contribution in [0.25, 0.3) is 10.9 Å². The Kier molecular flexibility index (Phi) is 5.70. The molecule has 0 saturated carbocycles. The van der Waals surface area contributed by atoms with Gasteiger partial charge in [-0.2, -0.15) is 0 Å². The van der Waals surface area contributed by atoms with E-state index < -0.39 is 5.97 Å². The molecule has 5 nitrogen and oxygen atoms in total. The average Bonchev–Trinajstić information content (AvgIpc) is 2.49. The first-order chi connectivity index (χ1) is 11.2. The number of halogens is 1. The molecule has 0 aliphatic rings. The summed E-state index contributed by atoms with van der Waals surface area (Å²) in [6, 6.07) is 5.23. The Morgan fingerprint density at radius 3 is 2.58 bits per heavy atom. The minimum Gasteiger partial charge on any atom is -0.462 e. The molecule has 2 rings (SSSR count). The third-order valence-electron chi connectivity index (χ3n) is 4.00. The number of aromatic nitrogens is 1. The molecule has 2 aromatic rings. The SMILES string of the molecule is CCOC(=O)c1cn([C@@H](CO)C(C)(C)C)c2ccc(I)cc2c1=O. The van der Waals surface area contributed by atoms with Gasteiger partial charge in [0.2, 0.25) is 5.43 Å². The van der Waals surface area contributed by atoms with Gasteiger partial charge in [-0.1, -0.05) is 20.8 Å². The number of fused-ring (bicyclic) bond motifs is 1. The largest absolute Gasteiger partial charge is 0.462 e. The summed E-state index contributed by atoms with van der Waals surface area (Å²) in [6.07, 6.45) is 1.52. The van der Waals surface area contributed by atoms with Gasteiger partial charge < -0.3 is 14.4 Å². The highest BCUT2D eigenvalue weighted by atomic mass is 127. The van der Waals surface area contributed by atoms with Gasteiger partial charge in [-0.05, 0) is 53.1 Å². The monoisotopic (exact) mass is 443 g/mol. The molecule has 0 unspecified atom stereocenters. The second kappa shape index (κ2) is 7.23. The molecule has 24 heavy (non-hydrogen) atoms. The molecular formula is C18H22INO4. The maximum atomic E-state index is 12.7. The fourth-order valence-corrected chi connectivity index (χ4v) is 3.21. The zero-order chi connectivity index (χ0) is 18.1. The molecule has 0 fully saturated rings. The van der Waals surface area contributed by atoms with E-state index in [-0.39, 0.29) is 35.7 Å². The Morgan fingerprint density at radius 2 is 2.04 bits per heavy atom. The second-order valence-electron chi connectivity index (χ2n) is 6.73. The van der Waals surface area contributed by atoms with Crippen LogP contribution in [-0.4, -0.2) is 28.9 Å². The van der Waals surface area contributed by atoms with Crippen LogP contribution in [0.4, 0.5) is 0 Å². The van der Waals surface area contributed by atoms with Crippen LogP contribution in [-0.2, 0) is 4.74 Å². The maximum Gasteiger partial charge on any atom is 0.343 e. The van der Waals surface area contributed by atoms with Gasteiger partial charge in [-0.15, -0.1) is 0 Å². The van der Waals surface area contributed by atoms with Gasteiger partial charge in [0.25, 0.3) is 0 Å². The summed E-state index contributed by atoms with van der Waals surface area (Å²) >= 11 is 2.13. The van der Waals surface area contributed by atoms with Crippen LogP contribution in [0.1, 0.15) is 44.1 Å². The molecule has 0 aliphatic carbocycles. The Morgan fingerprint density at radius 1 is 1.38 bits per heavy atom. The molecule has 0 aliphatic heterocycles. The quantitative estimate of drug-likeness (QED) is 0.582. The summed E-state index contributed by atoms with van der Waals surface area (Å²) in [5, 5.41) is 10.4. The van der Waals surface area contributed by atoms with Crippen LogP contribution in [0.2, 0.25) is 0 Å². The Balaban J connectivity index is 2.85. The Bertz CT molecular complexity index is 820. The topological polar surface area (TPSA) is 68.5 Å². The van der Waals surface area contributed by atoms with Crippen molar-refractivity contribution in [1.29, 1.82) is 0 Å². The van der Waals surface area contributed by atoms with Crippen LogP contribution < -0.4 is 5.43 Å². The minimum absolute atomic E-state index is 0.00551. The van der Waals surface area contributed by atoms with Crippen molar-refractivity contribution < 1.29 is 14.6 Å². The lowest BCUT2D eigenvalue weighted by atomic mass is 9.86. The molecule has 1 N–H and O–H groups in total. The molecule has 0 saturated heterocycles. The Hall–Kier alpha value is -1.41. The molecular weight excluding hydrogens is 421 g/mol. The number of hydrogen-bond donors (Lipinski definition) is 1. The zero-order valence-electron chi connectivity index (χ0n) is 14.3. The number of ether oxygens (including phenoxy) is 1. The van der Waals surface area contributed by atoms with Crippen molar-refractivity contribution in [3.05, 3.63) is 43.8 Å². The molecule has 0 bridgehead atoms. The van der Waals surface area contributed by atoms with E-state index in [4.69, 9.17) is 4.74 Å².